The van der Waals surface area contributed by atoms with Gasteiger partial charge in [0.2, 0.25) is 12.2 Å². The van der Waals surface area contributed by atoms with E-state index in [2.05, 4.69) is 38.3 Å². The molecule has 8 heteroatoms. The number of hydrogen-bond donors (Lipinski definition) is 1. The molecule has 1 N–H and O–H groups in total. The minimum Gasteiger partial charge on any atom is -0.447 e. The number of nitrogens with zero attached hydrogens (tertiary/aromatic N) is 5. The fourth-order valence-electron chi connectivity index (χ4n) is 4.92. The van der Waals surface area contributed by atoms with Crippen molar-refractivity contribution in [2.24, 2.45) is 10.1 Å². The van der Waals surface area contributed by atoms with Crippen LogP contribution in [-0.4, -0.2) is 29.5 Å². The molecular formula is C27H25FN6O. The number of fused-ring (bicyclic) bond motifs is 4. The predicted octanol–water partition coefficient (Wildman–Crippen LogP) is 4.38. The summed E-state index contributed by atoms with van der Waals surface area (Å²) < 4.78 is 20.8. The number of aromatic nitrogens is 1. The number of halogens is 1. The molecule has 1 aromatic heterocycles. The fourth-order valence-corrected chi connectivity index (χ4v) is 4.92. The topological polar surface area (TPSA) is 69.3 Å². The lowest BCUT2D eigenvalue weighted by molar-refractivity contribution is 0.429. The van der Waals surface area contributed by atoms with Crippen LogP contribution in [-0.2, 0) is 11.8 Å². The van der Waals surface area contributed by atoms with E-state index in [0.29, 0.717) is 17.3 Å². The second-order valence-electron chi connectivity index (χ2n) is 9.39. The van der Waals surface area contributed by atoms with Gasteiger partial charge in [-0.2, -0.15) is 5.10 Å². The molecule has 0 bridgehead atoms. The average Bonchev–Trinajstić information content (AvgIpc) is 3.53. The molecule has 0 saturated carbocycles. The van der Waals surface area contributed by atoms with Crippen molar-refractivity contribution < 1.29 is 8.81 Å². The van der Waals surface area contributed by atoms with Crippen LogP contribution in [0.4, 0.5) is 15.8 Å². The molecule has 176 valence electrons. The quantitative estimate of drug-likeness (QED) is 0.537. The second-order valence-corrected chi connectivity index (χ2v) is 9.39. The monoisotopic (exact) mass is 468 g/mol. The predicted molar refractivity (Wildman–Crippen MR) is 134 cm³/mol. The lowest BCUT2D eigenvalue weighted by Crippen LogP contribution is -2.47. The summed E-state index contributed by atoms with van der Waals surface area (Å²) in [6, 6.07) is 11.2. The highest BCUT2D eigenvalue weighted by Gasteiger charge is 2.38. The van der Waals surface area contributed by atoms with Crippen LogP contribution in [0, 0.1) is 17.7 Å². The van der Waals surface area contributed by atoms with E-state index in [1.54, 1.807) is 18.5 Å². The number of nitrogens with one attached hydrogen (secondary N) is 1. The minimum absolute atomic E-state index is 0.296. The number of aliphatic imine (C=N–C) groups is 1. The molecule has 1 atom stereocenters. The highest BCUT2D eigenvalue weighted by atomic mass is 19.1. The van der Waals surface area contributed by atoms with E-state index in [9.17, 15) is 0 Å². The number of benzene rings is 2. The third kappa shape index (κ3) is 3.46. The van der Waals surface area contributed by atoms with Crippen LogP contribution < -0.4 is 15.2 Å². The van der Waals surface area contributed by atoms with Crippen LogP contribution in [0.1, 0.15) is 49.8 Å². The Morgan fingerprint density at radius 2 is 2.00 bits per heavy atom. The van der Waals surface area contributed by atoms with E-state index in [4.69, 9.17) is 9.41 Å². The zero-order valence-electron chi connectivity index (χ0n) is 19.8. The molecule has 3 aliphatic heterocycles. The molecule has 0 aliphatic carbocycles. The number of rotatable bonds is 1. The maximum atomic E-state index is 15.3. The van der Waals surface area contributed by atoms with Crippen molar-refractivity contribution in [1.82, 2.24) is 10.4 Å². The lowest BCUT2D eigenvalue weighted by atomic mass is 9.91. The standard InChI is InChI=1S/C27H25FN6O/c1-17-31-32-26-30-24(23-20(28)9-5-11-22(23)34(17)26)33-15-6-8-19-18(7-4-10-21(19)33)12-13-27(2,3)25-29-14-16-35-25/h4-5,7,9-11,14,16,26,32H,6,8,15H2,1-3H3. The number of amidine groups is 2. The molecule has 0 amide bonds. The van der Waals surface area contributed by atoms with Crippen LogP contribution in [0.3, 0.4) is 0 Å². The van der Waals surface area contributed by atoms with Gasteiger partial charge in [-0.1, -0.05) is 24.0 Å². The van der Waals surface area contributed by atoms with Gasteiger partial charge < -0.3 is 9.32 Å². The van der Waals surface area contributed by atoms with Gasteiger partial charge in [-0.05, 0) is 63.4 Å². The summed E-state index contributed by atoms with van der Waals surface area (Å²) in [5, 5.41) is 4.33. The molecule has 0 spiro atoms. The van der Waals surface area contributed by atoms with Crippen LogP contribution in [0.2, 0.25) is 0 Å². The Hall–Kier alpha value is -4.12. The summed E-state index contributed by atoms with van der Waals surface area (Å²) in [5.41, 5.74) is 6.91. The van der Waals surface area contributed by atoms with Gasteiger partial charge in [0.15, 0.2) is 0 Å². The summed E-state index contributed by atoms with van der Waals surface area (Å²) >= 11 is 0. The first kappa shape index (κ1) is 21.4. The van der Waals surface area contributed by atoms with Gasteiger partial charge in [-0.15, -0.1) is 0 Å². The van der Waals surface area contributed by atoms with Gasteiger partial charge in [-0.25, -0.2) is 14.4 Å². The van der Waals surface area contributed by atoms with E-state index in [1.807, 2.05) is 43.9 Å². The summed E-state index contributed by atoms with van der Waals surface area (Å²) in [5.74, 6) is 8.37. The molecule has 4 heterocycles. The van der Waals surface area contributed by atoms with E-state index in [1.165, 1.54) is 6.07 Å². The van der Waals surface area contributed by atoms with Crippen LogP contribution in [0.25, 0.3) is 0 Å². The third-order valence-corrected chi connectivity index (χ3v) is 6.64. The average molecular weight is 469 g/mol. The van der Waals surface area contributed by atoms with Gasteiger partial charge in [0.25, 0.3) is 0 Å². The van der Waals surface area contributed by atoms with Gasteiger partial charge in [-0.3, -0.25) is 10.3 Å². The molecule has 3 aliphatic rings. The van der Waals surface area contributed by atoms with Crippen molar-refractivity contribution in [3.05, 3.63) is 77.3 Å². The molecular weight excluding hydrogens is 443 g/mol. The Labute approximate surface area is 203 Å². The Morgan fingerprint density at radius 3 is 2.83 bits per heavy atom. The first-order valence-corrected chi connectivity index (χ1v) is 11.7. The second kappa shape index (κ2) is 7.98. The molecule has 2 aromatic carbocycles. The highest BCUT2D eigenvalue weighted by molar-refractivity contribution is 6.17. The van der Waals surface area contributed by atoms with Gasteiger partial charge >= 0.3 is 0 Å². The molecule has 0 radical (unpaired) electrons. The lowest BCUT2D eigenvalue weighted by Gasteiger charge is -2.38. The van der Waals surface area contributed by atoms with Crippen LogP contribution in [0.15, 0.2) is 63.4 Å². The van der Waals surface area contributed by atoms with Crippen LogP contribution >= 0.6 is 0 Å². The van der Waals surface area contributed by atoms with Gasteiger partial charge in [0.05, 0.1) is 17.4 Å². The maximum Gasteiger partial charge on any atom is 0.218 e. The van der Waals surface area contributed by atoms with E-state index in [0.717, 1.165) is 47.7 Å². The van der Waals surface area contributed by atoms with Crippen molar-refractivity contribution in [1.29, 1.82) is 0 Å². The minimum atomic E-state index is -0.522. The molecule has 3 aromatic rings. The van der Waals surface area contributed by atoms with Gasteiger partial charge in [0.1, 0.15) is 29.2 Å². The maximum absolute atomic E-state index is 15.3. The zero-order chi connectivity index (χ0) is 24.2. The molecule has 1 unspecified atom stereocenters. The summed E-state index contributed by atoms with van der Waals surface area (Å²) in [7, 11) is 0. The van der Waals surface area contributed by atoms with Gasteiger partial charge in [0, 0.05) is 17.8 Å². The fraction of sp³-hybridized carbons (Fsp3) is 0.296. The Kier molecular flexibility index (Phi) is 4.88. The zero-order valence-corrected chi connectivity index (χ0v) is 19.8. The Balaban J connectivity index is 1.43. The largest absolute Gasteiger partial charge is 0.447 e. The van der Waals surface area contributed by atoms with Crippen molar-refractivity contribution in [3.63, 3.8) is 0 Å². The highest BCUT2D eigenvalue weighted by Crippen LogP contribution is 2.37. The first-order valence-electron chi connectivity index (χ1n) is 11.7. The summed E-state index contributed by atoms with van der Waals surface area (Å²) in [4.78, 5) is 13.2. The summed E-state index contributed by atoms with van der Waals surface area (Å²) in [6.45, 7) is 6.62. The van der Waals surface area contributed by atoms with Crippen molar-refractivity contribution in [2.45, 2.75) is 45.3 Å². The van der Waals surface area contributed by atoms with Crippen LogP contribution in [0.5, 0.6) is 0 Å². The first-order chi connectivity index (χ1) is 16.9. The number of oxazole rings is 1. The Morgan fingerprint density at radius 1 is 1.17 bits per heavy atom. The SMILES string of the molecule is CC1=NNC2N=C(N3CCCc4c(C#CC(C)(C)c5ncco5)cccc43)c3c(F)cccc3N12. The molecule has 0 saturated heterocycles. The number of hydrazone groups is 1. The molecule has 0 fully saturated rings. The molecule has 35 heavy (non-hydrogen) atoms. The van der Waals surface area contributed by atoms with Crippen molar-refractivity contribution >= 4 is 23.0 Å². The number of anilines is 2. The summed E-state index contributed by atoms with van der Waals surface area (Å²) in [6.07, 6.45) is 4.61. The third-order valence-electron chi connectivity index (χ3n) is 6.64. The molecule has 6 rings (SSSR count). The molecule has 7 nitrogen and oxygen atoms in total. The van der Waals surface area contributed by atoms with Crippen molar-refractivity contribution in [3.8, 4) is 11.8 Å². The van der Waals surface area contributed by atoms with Crippen molar-refractivity contribution in [2.75, 3.05) is 16.3 Å². The van der Waals surface area contributed by atoms with E-state index in [-0.39, 0.29) is 5.82 Å². The van der Waals surface area contributed by atoms with E-state index < -0.39 is 11.7 Å². The normalized spacial score (nSPS) is 18.5. The van der Waals surface area contributed by atoms with E-state index >= 15 is 4.39 Å². The Bertz CT molecular complexity index is 1430. The smallest absolute Gasteiger partial charge is 0.218 e. The number of hydrogen-bond acceptors (Lipinski definition) is 7.